The molecule has 0 unspecified atom stereocenters. The molecule has 3 aromatic rings. The summed E-state index contributed by atoms with van der Waals surface area (Å²) in [6, 6.07) is 13.6. The molecule has 132 valence electrons. The molecule has 1 aliphatic rings. The van der Waals surface area contributed by atoms with Gasteiger partial charge in [0.25, 0.3) is 5.91 Å². The highest BCUT2D eigenvalue weighted by molar-refractivity contribution is 5.99. The van der Waals surface area contributed by atoms with Gasteiger partial charge in [0, 0.05) is 30.7 Å². The first-order valence-electron chi connectivity index (χ1n) is 9.15. The molecule has 1 aromatic carbocycles. The normalized spacial score (nSPS) is 14.5. The number of benzene rings is 1. The van der Waals surface area contributed by atoms with Crippen LogP contribution in [-0.4, -0.2) is 27.2 Å². The average molecular weight is 346 g/mol. The Morgan fingerprint density at radius 3 is 2.65 bits per heavy atom. The van der Waals surface area contributed by atoms with Gasteiger partial charge in [-0.25, -0.2) is 4.68 Å². The topological polar surface area (TPSA) is 59.8 Å². The maximum absolute atomic E-state index is 12.9. The summed E-state index contributed by atoms with van der Waals surface area (Å²) in [6.45, 7) is 0.738. The van der Waals surface area contributed by atoms with Crippen molar-refractivity contribution in [3.63, 3.8) is 0 Å². The summed E-state index contributed by atoms with van der Waals surface area (Å²) in [6.07, 6.45) is 10.2. The molecular formula is C21H22N4O. The largest absolute Gasteiger partial charge is 0.352 e. The van der Waals surface area contributed by atoms with Crippen molar-refractivity contribution in [1.29, 1.82) is 0 Å². The van der Waals surface area contributed by atoms with E-state index in [2.05, 4.69) is 15.4 Å². The Kier molecular flexibility index (Phi) is 4.78. The van der Waals surface area contributed by atoms with Gasteiger partial charge in [-0.15, -0.1) is 0 Å². The van der Waals surface area contributed by atoms with Gasteiger partial charge in [0.15, 0.2) is 0 Å². The molecule has 1 amide bonds. The van der Waals surface area contributed by atoms with Crippen molar-refractivity contribution in [3.8, 4) is 16.9 Å². The number of pyridine rings is 1. The van der Waals surface area contributed by atoms with Crippen molar-refractivity contribution < 1.29 is 4.79 Å². The van der Waals surface area contributed by atoms with Crippen molar-refractivity contribution in [2.45, 2.75) is 25.7 Å². The van der Waals surface area contributed by atoms with Gasteiger partial charge in [-0.05, 0) is 43.0 Å². The fourth-order valence-electron chi connectivity index (χ4n) is 3.52. The predicted molar refractivity (Wildman–Crippen MR) is 101 cm³/mol. The number of rotatable bonds is 5. The minimum absolute atomic E-state index is 0.0714. The van der Waals surface area contributed by atoms with Gasteiger partial charge in [-0.2, -0.15) is 5.10 Å². The molecule has 0 bridgehead atoms. The monoisotopic (exact) mass is 346 g/mol. The van der Waals surface area contributed by atoms with Crippen molar-refractivity contribution in [3.05, 3.63) is 66.6 Å². The predicted octanol–water partition coefficient (Wildman–Crippen LogP) is 3.85. The van der Waals surface area contributed by atoms with E-state index in [0.717, 1.165) is 17.8 Å². The van der Waals surface area contributed by atoms with Crippen molar-refractivity contribution in [1.82, 2.24) is 20.1 Å². The summed E-state index contributed by atoms with van der Waals surface area (Å²) in [5, 5.41) is 7.77. The van der Waals surface area contributed by atoms with Crippen LogP contribution in [0.15, 0.2) is 61.1 Å². The minimum atomic E-state index is -0.0714. The van der Waals surface area contributed by atoms with E-state index in [9.17, 15) is 4.79 Å². The van der Waals surface area contributed by atoms with Crippen molar-refractivity contribution >= 4 is 5.91 Å². The fraction of sp³-hybridized carbons (Fsp3) is 0.286. The van der Waals surface area contributed by atoms with E-state index in [4.69, 9.17) is 0 Å². The lowest BCUT2D eigenvalue weighted by atomic mass is 10.1. The first kappa shape index (κ1) is 16.5. The Balaban J connectivity index is 1.65. The maximum Gasteiger partial charge on any atom is 0.255 e. The second-order valence-electron chi connectivity index (χ2n) is 6.77. The van der Waals surface area contributed by atoms with Crippen LogP contribution in [0.2, 0.25) is 0 Å². The van der Waals surface area contributed by atoms with Crippen LogP contribution in [0.5, 0.6) is 0 Å². The molecule has 5 nitrogen and oxygen atoms in total. The standard InChI is InChI=1S/C21H22N4O/c26-21(23-13-16-7-4-5-8-16)19-15-25(18-10-2-1-3-11-18)24-20(19)17-9-6-12-22-14-17/h1-3,6,9-12,14-16H,4-5,7-8,13H2,(H,23,26). The molecule has 26 heavy (non-hydrogen) atoms. The lowest BCUT2D eigenvalue weighted by Crippen LogP contribution is -2.28. The Bertz CT molecular complexity index is 868. The number of carbonyl (C=O) groups is 1. The van der Waals surface area contributed by atoms with E-state index in [-0.39, 0.29) is 5.91 Å². The van der Waals surface area contributed by atoms with Crippen LogP contribution in [0.4, 0.5) is 0 Å². The highest BCUT2D eigenvalue weighted by atomic mass is 16.1. The van der Waals surface area contributed by atoms with Crippen molar-refractivity contribution in [2.24, 2.45) is 5.92 Å². The quantitative estimate of drug-likeness (QED) is 0.763. The third-order valence-corrected chi connectivity index (χ3v) is 4.94. The molecule has 2 aromatic heterocycles. The van der Waals surface area contributed by atoms with E-state index in [1.165, 1.54) is 25.7 Å². The van der Waals surface area contributed by atoms with Gasteiger partial charge >= 0.3 is 0 Å². The van der Waals surface area contributed by atoms with Crippen LogP contribution in [-0.2, 0) is 0 Å². The SMILES string of the molecule is O=C(NCC1CCCC1)c1cn(-c2ccccc2)nc1-c1cccnc1. The van der Waals surface area contributed by atoms with Gasteiger partial charge < -0.3 is 5.32 Å². The second-order valence-corrected chi connectivity index (χ2v) is 6.77. The van der Waals surface area contributed by atoms with Crippen LogP contribution >= 0.6 is 0 Å². The molecule has 1 N–H and O–H groups in total. The van der Waals surface area contributed by atoms with E-state index in [0.29, 0.717) is 17.2 Å². The van der Waals surface area contributed by atoms with Crippen LogP contribution in [0.3, 0.4) is 0 Å². The number of para-hydroxylation sites is 1. The molecule has 1 fully saturated rings. The smallest absolute Gasteiger partial charge is 0.255 e. The molecule has 1 saturated carbocycles. The molecule has 0 spiro atoms. The Morgan fingerprint density at radius 2 is 1.92 bits per heavy atom. The molecule has 0 aliphatic heterocycles. The molecule has 1 aliphatic carbocycles. The zero-order valence-electron chi connectivity index (χ0n) is 14.6. The van der Waals surface area contributed by atoms with Gasteiger partial charge in [0.1, 0.15) is 5.69 Å². The van der Waals surface area contributed by atoms with Crippen LogP contribution in [0, 0.1) is 5.92 Å². The van der Waals surface area contributed by atoms with E-state index in [1.807, 2.05) is 48.7 Å². The molecular weight excluding hydrogens is 324 g/mol. The van der Waals surface area contributed by atoms with Gasteiger partial charge in [-0.3, -0.25) is 9.78 Å². The van der Waals surface area contributed by atoms with Crippen molar-refractivity contribution in [2.75, 3.05) is 6.54 Å². The average Bonchev–Trinajstić information content (AvgIpc) is 3.37. The second kappa shape index (κ2) is 7.52. The zero-order chi connectivity index (χ0) is 17.8. The first-order chi connectivity index (χ1) is 12.8. The van der Waals surface area contributed by atoms with Crippen LogP contribution < -0.4 is 5.32 Å². The Morgan fingerprint density at radius 1 is 1.12 bits per heavy atom. The zero-order valence-corrected chi connectivity index (χ0v) is 14.6. The minimum Gasteiger partial charge on any atom is -0.352 e. The Hall–Kier alpha value is -2.95. The molecule has 4 rings (SSSR count). The molecule has 5 heteroatoms. The Labute approximate surface area is 153 Å². The van der Waals surface area contributed by atoms with Gasteiger partial charge in [-0.1, -0.05) is 31.0 Å². The van der Waals surface area contributed by atoms with Gasteiger partial charge in [0.05, 0.1) is 11.3 Å². The van der Waals surface area contributed by atoms with Gasteiger partial charge in [0.2, 0.25) is 0 Å². The summed E-state index contributed by atoms with van der Waals surface area (Å²) in [5.74, 6) is 0.530. The maximum atomic E-state index is 12.9. The summed E-state index contributed by atoms with van der Waals surface area (Å²) >= 11 is 0. The summed E-state index contributed by atoms with van der Waals surface area (Å²) in [7, 11) is 0. The number of nitrogens with one attached hydrogen (secondary N) is 1. The summed E-state index contributed by atoms with van der Waals surface area (Å²) in [5.41, 5.74) is 3.01. The molecule has 0 atom stereocenters. The number of hydrogen-bond donors (Lipinski definition) is 1. The van der Waals surface area contributed by atoms with E-state index < -0.39 is 0 Å². The highest BCUT2D eigenvalue weighted by Crippen LogP contribution is 2.25. The lowest BCUT2D eigenvalue weighted by Gasteiger charge is -2.10. The van der Waals surface area contributed by atoms with Crippen LogP contribution in [0.25, 0.3) is 16.9 Å². The lowest BCUT2D eigenvalue weighted by molar-refractivity contribution is 0.0948. The molecule has 0 saturated heterocycles. The van der Waals surface area contributed by atoms with E-state index >= 15 is 0 Å². The third kappa shape index (κ3) is 3.52. The highest BCUT2D eigenvalue weighted by Gasteiger charge is 2.21. The van der Waals surface area contributed by atoms with Crippen LogP contribution in [0.1, 0.15) is 36.0 Å². The number of hydrogen-bond acceptors (Lipinski definition) is 3. The third-order valence-electron chi connectivity index (χ3n) is 4.94. The number of nitrogens with zero attached hydrogens (tertiary/aromatic N) is 3. The number of amides is 1. The first-order valence-corrected chi connectivity index (χ1v) is 9.15. The molecule has 2 heterocycles. The fourth-order valence-corrected chi connectivity index (χ4v) is 3.52. The summed E-state index contributed by atoms with van der Waals surface area (Å²) in [4.78, 5) is 17.0. The number of carbonyl (C=O) groups excluding carboxylic acids is 1. The van der Waals surface area contributed by atoms with E-state index in [1.54, 1.807) is 17.1 Å². The molecule has 0 radical (unpaired) electrons. The summed E-state index contributed by atoms with van der Waals surface area (Å²) < 4.78 is 1.76. The number of aromatic nitrogens is 3.